The summed E-state index contributed by atoms with van der Waals surface area (Å²) in [6.07, 6.45) is 1.18. The van der Waals surface area contributed by atoms with Crippen LogP contribution in [0.3, 0.4) is 0 Å². The number of aromatic nitrogens is 1. The third-order valence-electron chi connectivity index (χ3n) is 5.24. The van der Waals surface area contributed by atoms with E-state index in [1.807, 2.05) is 7.05 Å². The molecule has 1 N–H and O–H groups in total. The van der Waals surface area contributed by atoms with Gasteiger partial charge in [-0.15, -0.1) is 0 Å². The molecule has 1 unspecified atom stereocenters. The Bertz CT molecular complexity index is 984. The number of carbonyl (C=O) groups excluding carboxylic acids is 1. The largest absolute Gasteiger partial charge is 0.462 e. The van der Waals surface area contributed by atoms with E-state index in [-0.39, 0.29) is 35.4 Å². The zero-order valence-corrected chi connectivity index (χ0v) is 16.7. The number of hydrogen-bond donors (Lipinski definition) is 1. The molecule has 7 nitrogen and oxygen atoms in total. The number of halogens is 2. The second kappa shape index (κ2) is 8.46. The molecule has 1 aromatic heterocycles. The fourth-order valence-electron chi connectivity index (χ4n) is 3.54. The summed E-state index contributed by atoms with van der Waals surface area (Å²) < 4.78 is 36.7. The molecule has 0 saturated carbocycles. The number of aliphatic hydroxyl groups is 1. The quantitative estimate of drug-likeness (QED) is 0.759. The van der Waals surface area contributed by atoms with Gasteiger partial charge in [0.15, 0.2) is 5.82 Å². The molecule has 2 aromatic rings. The zero-order valence-electron chi connectivity index (χ0n) is 16.7. The number of piperazine rings is 1. The van der Waals surface area contributed by atoms with Gasteiger partial charge < -0.3 is 24.2 Å². The highest BCUT2D eigenvalue weighted by Gasteiger charge is 2.27. The molecule has 1 atom stereocenters. The first-order valence-corrected chi connectivity index (χ1v) is 9.58. The summed E-state index contributed by atoms with van der Waals surface area (Å²) in [5.74, 6) is -2.61. The van der Waals surface area contributed by atoms with E-state index in [0.717, 1.165) is 6.07 Å². The molecule has 158 valence electrons. The van der Waals surface area contributed by atoms with Crippen LogP contribution >= 0.6 is 0 Å². The van der Waals surface area contributed by atoms with Crippen LogP contribution in [0.4, 0.5) is 14.5 Å². The fraction of sp³-hybridized carbons (Fsp3) is 0.500. The van der Waals surface area contributed by atoms with Crippen LogP contribution in [0.25, 0.3) is 10.9 Å². The predicted octanol–water partition coefficient (Wildman–Crippen LogP) is 1.76. The van der Waals surface area contributed by atoms with Crippen molar-refractivity contribution >= 4 is 22.6 Å². The highest BCUT2D eigenvalue weighted by Crippen LogP contribution is 2.32. The first kappa shape index (κ1) is 21.2. The molecule has 0 radical (unpaired) electrons. The number of anilines is 1. The number of benzene rings is 1. The topological polar surface area (TPSA) is 75.0 Å². The molecule has 2 heterocycles. The number of pyridine rings is 1. The van der Waals surface area contributed by atoms with Crippen molar-refractivity contribution in [2.45, 2.75) is 19.9 Å². The van der Waals surface area contributed by atoms with Crippen LogP contribution in [0.1, 0.15) is 30.2 Å². The van der Waals surface area contributed by atoms with Crippen molar-refractivity contribution < 1.29 is 23.4 Å². The van der Waals surface area contributed by atoms with Gasteiger partial charge in [0, 0.05) is 32.4 Å². The van der Waals surface area contributed by atoms with E-state index in [0.29, 0.717) is 26.2 Å². The first-order valence-electron chi connectivity index (χ1n) is 9.58. The SMILES string of the molecule is CCOC(=O)c1cn(C(C)CO)c2c(F)c(N3CCN(C)CC3)c(F)cc2c1=O. The lowest BCUT2D eigenvalue weighted by Crippen LogP contribution is -2.45. The van der Waals surface area contributed by atoms with Crippen LogP contribution in [-0.4, -0.2) is 67.0 Å². The maximum atomic E-state index is 15.6. The van der Waals surface area contributed by atoms with E-state index in [2.05, 4.69) is 4.90 Å². The maximum absolute atomic E-state index is 15.6. The summed E-state index contributed by atoms with van der Waals surface area (Å²) in [6, 6.07) is 0.323. The van der Waals surface area contributed by atoms with Crippen LogP contribution in [0.15, 0.2) is 17.1 Å². The zero-order chi connectivity index (χ0) is 21.3. The molecule has 9 heteroatoms. The van der Waals surface area contributed by atoms with E-state index in [9.17, 15) is 19.1 Å². The number of ether oxygens (including phenoxy) is 1. The molecule has 0 aliphatic carbocycles. The number of rotatable bonds is 5. The summed E-state index contributed by atoms with van der Waals surface area (Å²) in [5, 5.41) is 9.35. The molecule has 1 aliphatic heterocycles. The standard InChI is InChI=1S/C20H25F2N3O4/c1-4-29-20(28)14-10-25(12(2)11-26)17-13(19(14)27)9-15(21)18(16(17)22)24-7-5-23(3)6-8-24/h9-10,12,26H,4-8,11H2,1-3H3. The summed E-state index contributed by atoms with van der Waals surface area (Å²) in [7, 11) is 1.93. The van der Waals surface area contributed by atoms with Crippen molar-refractivity contribution in [3.05, 3.63) is 39.7 Å². The van der Waals surface area contributed by atoms with Crippen LogP contribution in [0, 0.1) is 11.6 Å². The molecule has 29 heavy (non-hydrogen) atoms. The Kier molecular flexibility index (Phi) is 6.18. The van der Waals surface area contributed by atoms with Crippen LogP contribution < -0.4 is 10.3 Å². The minimum absolute atomic E-state index is 0.0525. The second-order valence-electron chi connectivity index (χ2n) is 7.24. The molecule has 1 fully saturated rings. The van der Waals surface area contributed by atoms with Gasteiger partial charge in [-0.25, -0.2) is 13.6 Å². The van der Waals surface area contributed by atoms with Crippen molar-refractivity contribution in [1.29, 1.82) is 0 Å². The number of hydrogen-bond acceptors (Lipinski definition) is 6. The molecular formula is C20H25F2N3O4. The molecular weight excluding hydrogens is 384 g/mol. The van der Waals surface area contributed by atoms with Gasteiger partial charge in [-0.1, -0.05) is 0 Å². The number of carbonyl (C=O) groups is 1. The lowest BCUT2D eigenvalue weighted by Gasteiger charge is -2.34. The van der Waals surface area contributed by atoms with Crippen molar-refractivity contribution in [3.63, 3.8) is 0 Å². The van der Waals surface area contributed by atoms with Gasteiger partial charge in [-0.2, -0.15) is 0 Å². The Labute approximate surface area is 167 Å². The van der Waals surface area contributed by atoms with Crippen LogP contribution in [-0.2, 0) is 4.74 Å². The molecule has 3 rings (SSSR count). The minimum Gasteiger partial charge on any atom is -0.462 e. The van der Waals surface area contributed by atoms with Gasteiger partial charge in [-0.3, -0.25) is 4.79 Å². The maximum Gasteiger partial charge on any atom is 0.343 e. The molecule has 0 spiro atoms. The third kappa shape index (κ3) is 3.84. The monoisotopic (exact) mass is 409 g/mol. The third-order valence-corrected chi connectivity index (χ3v) is 5.24. The van der Waals surface area contributed by atoms with E-state index in [1.54, 1.807) is 18.7 Å². The van der Waals surface area contributed by atoms with Gasteiger partial charge in [0.05, 0.1) is 30.2 Å². The molecule has 1 aliphatic rings. The Balaban J connectivity index is 2.28. The van der Waals surface area contributed by atoms with E-state index >= 15 is 4.39 Å². The highest BCUT2D eigenvalue weighted by atomic mass is 19.1. The van der Waals surface area contributed by atoms with Crippen molar-refractivity contribution in [2.24, 2.45) is 0 Å². The smallest absolute Gasteiger partial charge is 0.343 e. The van der Waals surface area contributed by atoms with Gasteiger partial charge >= 0.3 is 5.97 Å². The van der Waals surface area contributed by atoms with Crippen molar-refractivity contribution in [2.75, 3.05) is 51.3 Å². The molecule has 0 amide bonds. The van der Waals surface area contributed by atoms with Gasteiger partial charge in [0.1, 0.15) is 17.1 Å². The lowest BCUT2D eigenvalue weighted by atomic mass is 10.1. The second-order valence-corrected chi connectivity index (χ2v) is 7.24. The van der Waals surface area contributed by atoms with Gasteiger partial charge in [0.25, 0.3) is 0 Å². The minimum atomic E-state index is -0.877. The van der Waals surface area contributed by atoms with E-state index in [1.165, 1.54) is 10.8 Å². The summed E-state index contributed by atoms with van der Waals surface area (Å²) >= 11 is 0. The molecule has 1 saturated heterocycles. The van der Waals surface area contributed by atoms with Crippen LogP contribution in [0.5, 0.6) is 0 Å². The van der Waals surface area contributed by atoms with E-state index < -0.39 is 29.1 Å². The van der Waals surface area contributed by atoms with Gasteiger partial charge in [-0.05, 0) is 27.0 Å². The Morgan fingerprint density at radius 3 is 2.52 bits per heavy atom. The fourth-order valence-corrected chi connectivity index (χ4v) is 3.54. The number of fused-ring (bicyclic) bond motifs is 1. The number of aliphatic hydroxyl groups excluding tert-OH is 1. The highest BCUT2D eigenvalue weighted by molar-refractivity contribution is 5.95. The van der Waals surface area contributed by atoms with Crippen molar-refractivity contribution in [1.82, 2.24) is 9.47 Å². The summed E-state index contributed by atoms with van der Waals surface area (Å²) in [5.41, 5.74) is -1.47. The summed E-state index contributed by atoms with van der Waals surface area (Å²) in [4.78, 5) is 28.7. The first-order chi connectivity index (χ1) is 13.8. The van der Waals surface area contributed by atoms with Crippen LogP contribution in [0.2, 0.25) is 0 Å². The normalized spacial score (nSPS) is 16.3. The number of likely N-dealkylation sites (N-methyl/N-ethyl adjacent to an activating group) is 1. The molecule has 0 bridgehead atoms. The number of esters is 1. The van der Waals surface area contributed by atoms with Gasteiger partial charge in [0.2, 0.25) is 5.43 Å². The Morgan fingerprint density at radius 2 is 1.93 bits per heavy atom. The Hall–Kier alpha value is -2.52. The van der Waals surface area contributed by atoms with Crippen molar-refractivity contribution in [3.8, 4) is 0 Å². The average molecular weight is 409 g/mol. The summed E-state index contributed by atoms with van der Waals surface area (Å²) in [6.45, 7) is 5.08. The predicted molar refractivity (Wildman–Crippen MR) is 106 cm³/mol. The Morgan fingerprint density at radius 1 is 1.28 bits per heavy atom. The average Bonchev–Trinajstić information content (AvgIpc) is 2.69. The number of nitrogens with zero attached hydrogens (tertiary/aromatic N) is 3. The van der Waals surface area contributed by atoms with E-state index in [4.69, 9.17) is 4.74 Å². The molecule has 1 aromatic carbocycles. The lowest BCUT2D eigenvalue weighted by molar-refractivity contribution is 0.0523.